The first-order valence-corrected chi connectivity index (χ1v) is 17.2. The fraction of sp³-hybridized carbons (Fsp3) is 0.517. The Morgan fingerprint density at radius 2 is 1.82 bits per heavy atom. The molecule has 2 aromatic heterocycles. The van der Waals surface area contributed by atoms with Crippen LogP contribution in [0.15, 0.2) is 30.3 Å². The monoisotopic (exact) mass is 665 g/mol. The lowest BCUT2D eigenvalue weighted by Crippen LogP contribution is -2.49. The number of nitrogens with one attached hydrogen (secondary N) is 2. The second-order valence-corrected chi connectivity index (χ2v) is 14.9. The van der Waals surface area contributed by atoms with Gasteiger partial charge < -0.3 is 19.9 Å². The second kappa shape index (κ2) is 12.6. The molecule has 0 spiro atoms. The summed E-state index contributed by atoms with van der Waals surface area (Å²) in [5.74, 6) is 0.379. The molecule has 2 amide bonds. The summed E-state index contributed by atoms with van der Waals surface area (Å²) < 4.78 is 33.6. The maximum Gasteiger partial charge on any atom is 0.407 e. The summed E-state index contributed by atoms with van der Waals surface area (Å²) in [5.41, 5.74) is 0.912. The molecule has 5 rings (SSSR count). The molecule has 2 saturated heterocycles. The van der Waals surface area contributed by atoms with Crippen molar-refractivity contribution in [3.63, 3.8) is 0 Å². The van der Waals surface area contributed by atoms with E-state index in [2.05, 4.69) is 19.9 Å². The van der Waals surface area contributed by atoms with E-state index in [9.17, 15) is 18.0 Å². The fourth-order valence-corrected chi connectivity index (χ4v) is 6.66. The second-order valence-electron chi connectivity index (χ2n) is 12.3. The van der Waals surface area contributed by atoms with Gasteiger partial charge in [0.25, 0.3) is 5.91 Å². The molecule has 4 heterocycles. The van der Waals surface area contributed by atoms with Crippen molar-refractivity contribution in [3.8, 4) is 0 Å². The van der Waals surface area contributed by atoms with E-state index in [4.69, 9.17) is 33.0 Å². The number of sulfonamides is 1. The van der Waals surface area contributed by atoms with Crippen molar-refractivity contribution in [2.45, 2.75) is 70.6 Å². The number of carbonyl (C=O) groups is 2. The van der Waals surface area contributed by atoms with E-state index >= 15 is 0 Å². The lowest BCUT2D eigenvalue weighted by molar-refractivity contribution is 0.0499. The number of halogens is 2. The van der Waals surface area contributed by atoms with Crippen molar-refractivity contribution in [2.24, 2.45) is 0 Å². The maximum absolute atomic E-state index is 13.9. The van der Waals surface area contributed by atoms with Crippen LogP contribution in [-0.2, 0) is 14.8 Å². The standard InChI is InChI=1S/C29H37Cl2N7O5S/c1-29(2,3)43-28(40)32-19-8-7-12-36(17-19)26-16-24(31)33-25-15-22(34-38(25)26)23-9-5-6-13-37(23)27(39)20-14-18(30)10-11-21(20)35-44(4,41)42/h10-11,14-16,19,23,35H,5-9,12-13,17H2,1-4H3,(H,32,40). The number of carbonyl (C=O) groups excluding carboxylic acids is 2. The smallest absolute Gasteiger partial charge is 0.407 e. The van der Waals surface area contributed by atoms with Crippen LogP contribution in [0.5, 0.6) is 0 Å². The minimum Gasteiger partial charge on any atom is -0.444 e. The van der Waals surface area contributed by atoms with E-state index in [1.807, 2.05) is 26.8 Å². The Labute approximate surface area is 267 Å². The number of fused-ring (bicyclic) bond motifs is 1. The number of aromatic nitrogens is 3. The number of likely N-dealkylation sites (tertiary alicyclic amines) is 1. The molecule has 2 atom stereocenters. The van der Waals surface area contributed by atoms with Crippen LogP contribution in [0.2, 0.25) is 10.2 Å². The first-order chi connectivity index (χ1) is 20.7. The lowest BCUT2D eigenvalue weighted by atomic mass is 9.98. The Kier molecular flexibility index (Phi) is 9.20. The third-order valence-corrected chi connectivity index (χ3v) is 8.49. The highest BCUT2D eigenvalue weighted by molar-refractivity contribution is 7.92. The molecule has 44 heavy (non-hydrogen) atoms. The van der Waals surface area contributed by atoms with Gasteiger partial charge in [0, 0.05) is 42.8 Å². The molecule has 2 N–H and O–H groups in total. The van der Waals surface area contributed by atoms with Gasteiger partial charge in [0.2, 0.25) is 10.0 Å². The fourth-order valence-electron chi connectivity index (χ4n) is 5.73. The van der Waals surface area contributed by atoms with Gasteiger partial charge in [-0.1, -0.05) is 23.2 Å². The summed E-state index contributed by atoms with van der Waals surface area (Å²) in [6.07, 6.45) is 4.56. The molecule has 2 aliphatic heterocycles. The van der Waals surface area contributed by atoms with Gasteiger partial charge in [0.05, 0.1) is 29.2 Å². The molecule has 2 fully saturated rings. The summed E-state index contributed by atoms with van der Waals surface area (Å²) in [4.78, 5) is 34.7. The summed E-state index contributed by atoms with van der Waals surface area (Å²) in [6.45, 7) is 7.21. The molecule has 3 aromatic rings. The average molecular weight is 667 g/mol. The van der Waals surface area contributed by atoms with Gasteiger partial charge in [-0.2, -0.15) is 9.61 Å². The molecule has 0 saturated carbocycles. The van der Waals surface area contributed by atoms with Crippen LogP contribution in [-0.4, -0.2) is 77.4 Å². The van der Waals surface area contributed by atoms with Gasteiger partial charge in [0.1, 0.15) is 16.6 Å². The maximum atomic E-state index is 13.9. The summed E-state index contributed by atoms with van der Waals surface area (Å²) >= 11 is 12.7. The van der Waals surface area contributed by atoms with Gasteiger partial charge in [0.15, 0.2) is 5.65 Å². The van der Waals surface area contributed by atoms with Crippen LogP contribution < -0.4 is 14.9 Å². The quantitative estimate of drug-likeness (QED) is 0.340. The summed E-state index contributed by atoms with van der Waals surface area (Å²) in [6, 6.07) is 7.58. The minimum atomic E-state index is -3.63. The molecule has 15 heteroatoms. The van der Waals surface area contributed by atoms with Crippen molar-refractivity contribution in [1.82, 2.24) is 24.8 Å². The zero-order valence-electron chi connectivity index (χ0n) is 25.1. The predicted octanol–water partition coefficient (Wildman–Crippen LogP) is 5.27. The van der Waals surface area contributed by atoms with Crippen molar-refractivity contribution in [2.75, 3.05) is 35.5 Å². The average Bonchev–Trinajstić information content (AvgIpc) is 3.35. The predicted molar refractivity (Wildman–Crippen MR) is 170 cm³/mol. The normalized spacial score (nSPS) is 19.6. The highest BCUT2D eigenvalue weighted by Gasteiger charge is 2.33. The number of alkyl carbamates (subject to hydrolysis) is 1. The number of nitrogens with zero attached hydrogens (tertiary/aromatic N) is 5. The van der Waals surface area contributed by atoms with Crippen LogP contribution in [0.25, 0.3) is 5.65 Å². The largest absolute Gasteiger partial charge is 0.444 e. The van der Waals surface area contributed by atoms with Crippen LogP contribution in [0.4, 0.5) is 16.3 Å². The van der Waals surface area contributed by atoms with Gasteiger partial charge >= 0.3 is 6.09 Å². The molecule has 0 radical (unpaired) electrons. The third-order valence-electron chi connectivity index (χ3n) is 7.47. The zero-order chi connectivity index (χ0) is 31.8. The first-order valence-electron chi connectivity index (χ1n) is 14.6. The van der Waals surface area contributed by atoms with Gasteiger partial charge in [-0.15, -0.1) is 0 Å². The molecular formula is C29H37Cl2N7O5S. The Bertz CT molecular complexity index is 1670. The minimum absolute atomic E-state index is 0.130. The number of ether oxygens (including phenoxy) is 1. The lowest BCUT2D eigenvalue weighted by Gasteiger charge is -2.35. The van der Waals surface area contributed by atoms with Crippen molar-refractivity contribution in [1.29, 1.82) is 0 Å². The number of piperidine rings is 2. The molecule has 238 valence electrons. The number of hydrogen-bond acceptors (Lipinski definition) is 8. The Balaban J connectivity index is 1.44. The highest BCUT2D eigenvalue weighted by atomic mass is 35.5. The highest BCUT2D eigenvalue weighted by Crippen LogP contribution is 2.35. The van der Waals surface area contributed by atoms with Crippen LogP contribution in [0, 0.1) is 0 Å². The first kappa shape index (κ1) is 32.1. The van der Waals surface area contributed by atoms with Crippen molar-refractivity contribution < 1.29 is 22.7 Å². The number of benzene rings is 1. The Hall–Kier alpha value is -3.29. The Morgan fingerprint density at radius 1 is 1.05 bits per heavy atom. The zero-order valence-corrected chi connectivity index (χ0v) is 27.5. The van der Waals surface area contributed by atoms with E-state index in [1.165, 1.54) is 18.2 Å². The van der Waals surface area contributed by atoms with E-state index in [0.29, 0.717) is 41.0 Å². The molecule has 0 aliphatic carbocycles. The Morgan fingerprint density at radius 3 is 2.55 bits per heavy atom. The third kappa shape index (κ3) is 7.67. The number of rotatable bonds is 6. The summed E-state index contributed by atoms with van der Waals surface area (Å²) in [5, 5.41) is 8.51. The van der Waals surface area contributed by atoms with Crippen molar-refractivity contribution in [3.05, 3.63) is 51.8 Å². The molecule has 2 aliphatic rings. The number of hydrogen-bond donors (Lipinski definition) is 2. The summed E-state index contributed by atoms with van der Waals surface area (Å²) in [7, 11) is -3.63. The van der Waals surface area contributed by atoms with Crippen LogP contribution in [0.1, 0.15) is 75.0 Å². The molecule has 1 aromatic carbocycles. The molecule has 12 nitrogen and oxygen atoms in total. The van der Waals surface area contributed by atoms with Gasteiger partial charge in [-0.3, -0.25) is 9.52 Å². The van der Waals surface area contributed by atoms with Gasteiger partial charge in [-0.05, 0) is 71.1 Å². The van der Waals surface area contributed by atoms with Crippen molar-refractivity contribution >= 4 is 62.4 Å². The van der Waals surface area contributed by atoms with E-state index in [-0.39, 0.29) is 29.2 Å². The number of amides is 2. The molecular weight excluding hydrogens is 629 g/mol. The van der Waals surface area contributed by atoms with Gasteiger partial charge in [-0.25, -0.2) is 18.2 Å². The number of anilines is 2. The van der Waals surface area contributed by atoms with Crippen LogP contribution in [0.3, 0.4) is 0 Å². The van der Waals surface area contributed by atoms with E-state index in [0.717, 1.165) is 44.3 Å². The van der Waals surface area contributed by atoms with Crippen LogP contribution >= 0.6 is 23.2 Å². The molecule has 0 bridgehead atoms. The van der Waals surface area contributed by atoms with E-state index in [1.54, 1.807) is 15.5 Å². The molecule has 2 unspecified atom stereocenters. The van der Waals surface area contributed by atoms with E-state index < -0.39 is 21.7 Å². The topological polar surface area (TPSA) is 138 Å². The SMILES string of the molecule is CC(C)(C)OC(=O)NC1CCCN(c2cc(Cl)nc3cc(C4CCCCN4C(=O)c4cc(Cl)ccc4NS(C)(=O)=O)nn23)C1.